The molecule has 5 heteroatoms. The van der Waals surface area contributed by atoms with E-state index in [1.807, 2.05) is 6.92 Å². The summed E-state index contributed by atoms with van der Waals surface area (Å²) >= 11 is 2.95. The molecule has 0 bridgehead atoms. The topological polar surface area (TPSA) is 55.2 Å². The van der Waals surface area contributed by atoms with E-state index in [1.54, 1.807) is 12.1 Å². The van der Waals surface area contributed by atoms with Gasteiger partial charge in [-0.25, -0.2) is 0 Å². The van der Waals surface area contributed by atoms with E-state index in [9.17, 15) is 10.1 Å². The molecule has 12 heavy (non-hydrogen) atoms. The molecule has 0 aliphatic rings. The number of anilines is 1. The van der Waals surface area contributed by atoms with E-state index >= 15 is 0 Å². The van der Waals surface area contributed by atoms with Gasteiger partial charge < -0.3 is 4.34 Å². The molecule has 1 aromatic carbocycles. The highest BCUT2D eigenvalue weighted by atomic mass is 79.9. The van der Waals surface area contributed by atoms with E-state index < -0.39 is 4.92 Å². The van der Waals surface area contributed by atoms with Gasteiger partial charge in [0.1, 0.15) is 5.69 Å². The Morgan fingerprint density at radius 2 is 2.25 bits per heavy atom. The van der Waals surface area contributed by atoms with Crippen LogP contribution in [-0.2, 0) is 0 Å². The smallest absolute Gasteiger partial charge is 0.293 e. The van der Waals surface area contributed by atoms with Crippen LogP contribution in [0.5, 0.6) is 0 Å². The second-order valence-corrected chi connectivity index (χ2v) is 2.77. The molecule has 0 radical (unpaired) electrons. The minimum Gasteiger partial charge on any atom is -0.317 e. The molecule has 0 aliphatic carbocycles. The van der Waals surface area contributed by atoms with Crippen molar-refractivity contribution in [1.82, 2.24) is 0 Å². The number of hydrogen-bond acceptors (Lipinski definition) is 3. The molecule has 1 aromatic rings. The first-order valence-corrected chi connectivity index (χ1v) is 4.06. The third kappa shape index (κ3) is 1.73. The Balaban J connectivity index is 3.21. The van der Waals surface area contributed by atoms with Gasteiger partial charge in [-0.2, -0.15) is 0 Å². The summed E-state index contributed by atoms with van der Waals surface area (Å²) in [5.41, 5.74) is 1.41. The van der Waals surface area contributed by atoms with Crippen molar-refractivity contribution in [2.75, 3.05) is 4.34 Å². The lowest BCUT2D eigenvalue weighted by atomic mass is 10.2. The molecule has 4 nitrogen and oxygen atoms in total. The van der Waals surface area contributed by atoms with Crippen LogP contribution in [0.15, 0.2) is 18.2 Å². The largest absolute Gasteiger partial charge is 0.317 e. The lowest BCUT2D eigenvalue weighted by molar-refractivity contribution is -0.383. The van der Waals surface area contributed by atoms with Gasteiger partial charge >= 0.3 is 0 Å². The highest BCUT2D eigenvalue weighted by Gasteiger charge is 2.11. The molecule has 0 unspecified atom stereocenters. The van der Waals surface area contributed by atoms with Gasteiger partial charge in [0.25, 0.3) is 5.69 Å². The second-order valence-electron chi connectivity index (χ2n) is 2.37. The summed E-state index contributed by atoms with van der Waals surface area (Å²) < 4.78 is 2.57. The van der Waals surface area contributed by atoms with Crippen molar-refractivity contribution in [3.8, 4) is 0 Å². The molecule has 0 heterocycles. The van der Waals surface area contributed by atoms with E-state index in [2.05, 4.69) is 20.5 Å². The van der Waals surface area contributed by atoms with Crippen molar-refractivity contribution in [1.29, 1.82) is 0 Å². The van der Waals surface area contributed by atoms with Crippen molar-refractivity contribution in [3.05, 3.63) is 33.9 Å². The maximum atomic E-state index is 10.5. The Bertz CT molecular complexity index is 314. The fraction of sp³-hybridized carbons (Fsp3) is 0.143. The summed E-state index contributed by atoms with van der Waals surface area (Å²) in [4.78, 5) is 10.1. The maximum absolute atomic E-state index is 10.5. The number of nitrogens with one attached hydrogen (secondary N) is 1. The molecule has 0 aromatic heterocycles. The predicted molar refractivity (Wildman–Crippen MR) is 50.4 cm³/mol. The number of benzene rings is 1. The molecule has 0 fully saturated rings. The summed E-state index contributed by atoms with van der Waals surface area (Å²) in [5.74, 6) is 0. The van der Waals surface area contributed by atoms with Gasteiger partial charge in [0.15, 0.2) is 0 Å². The Labute approximate surface area is 78.1 Å². The Hall–Kier alpha value is -1.10. The van der Waals surface area contributed by atoms with Gasteiger partial charge in [0, 0.05) is 22.2 Å². The first-order chi connectivity index (χ1) is 5.65. The molecule has 64 valence electrons. The van der Waals surface area contributed by atoms with E-state index in [0.29, 0.717) is 5.69 Å². The average molecular weight is 231 g/mol. The van der Waals surface area contributed by atoms with E-state index in [4.69, 9.17) is 0 Å². The Morgan fingerprint density at radius 3 is 2.75 bits per heavy atom. The fourth-order valence-corrected chi connectivity index (χ4v) is 1.21. The van der Waals surface area contributed by atoms with Crippen LogP contribution >= 0.6 is 16.1 Å². The summed E-state index contributed by atoms with van der Waals surface area (Å²) in [6.07, 6.45) is 0. The number of aryl methyl sites for hydroxylation is 1. The number of halogens is 1. The zero-order chi connectivity index (χ0) is 9.14. The third-order valence-corrected chi connectivity index (χ3v) is 1.88. The summed E-state index contributed by atoms with van der Waals surface area (Å²) in [7, 11) is 0. The van der Waals surface area contributed by atoms with Crippen molar-refractivity contribution in [2.45, 2.75) is 6.92 Å². The average Bonchev–Trinajstić information content (AvgIpc) is 2.04. The molecule has 0 saturated carbocycles. The van der Waals surface area contributed by atoms with E-state index in [1.165, 1.54) is 6.07 Å². The number of nitrogens with zero attached hydrogens (tertiary/aromatic N) is 1. The van der Waals surface area contributed by atoms with E-state index in [0.717, 1.165) is 5.56 Å². The van der Waals surface area contributed by atoms with Crippen LogP contribution in [0.3, 0.4) is 0 Å². The quantitative estimate of drug-likeness (QED) is 0.483. The standard InChI is InChI=1S/C7H7BrN2O2/c1-5-2-3-6(9-8)7(4-5)10(11)12/h2-4,9H,1H3. The van der Waals surface area contributed by atoms with Crippen LogP contribution in [0.2, 0.25) is 0 Å². The minimum atomic E-state index is -0.420. The second kappa shape index (κ2) is 3.53. The fourth-order valence-electron chi connectivity index (χ4n) is 0.873. The first kappa shape index (κ1) is 8.99. The monoisotopic (exact) mass is 230 g/mol. The van der Waals surface area contributed by atoms with Gasteiger partial charge in [-0.3, -0.25) is 10.1 Å². The van der Waals surface area contributed by atoms with Crippen molar-refractivity contribution in [2.24, 2.45) is 0 Å². The van der Waals surface area contributed by atoms with Crippen LogP contribution in [0.25, 0.3) is 0 Å². The van der Waals surface area contributed by atoms with Crippen LogP contribution in [-0.4, -0.2) is 4.92 Å². The van der Waals surface area contributed by atoms with Crippen molar-refractivity contribution in [3.63, 3.8) is 0 Å². The third-order valence-electron chi connectivity index (χ3n) is 1.45. The van der Waals surface area contributed by atoms with Crippen LogP contribution in [0.4, 0.5) is 11.4 Å². The Morgan fingerprint density at radius 1 is 1.58 bits per heavy atom. The summed E-state index contributed by atoms with van der Waals surface area (Å²) in [5, 5.41) is 10.5. The molecular weight excluding hydrogens is 224 g/mol. The summed E-state index contributed by atoms with van der Waals surface area (Å²) in [6, 6.07) is 4.97. The normalized spacial score (nSPS) is 9.50. The first-order valence-electron chi connectivity index (χ1n) is 3.27. The maximum Gasteiger partial charge on any atom is 0.293 e. The van der Waals surface area contributed by atoms with Gasteiger partial charge in [-0.15, -0.1) is 0 Å². The van der Waals surface area contributed by atoms with Gasteiger partial charge in [-0.05, 0) is 18.6 Å². The zero-order valence-corrected chi connectivity index (χ0v) is 7.96. The van der Waals surface area contributed by atoms with Crippen molar-refractivity contribution < 1.29 is 4.92 Å². The predicted octanol–water partition coefficient (Wildman–Crippen LogP) is 2.63. The van der Waals surface area contributed by atoms with Crippen LogP contribution in [0, 0.1) is 17.0 Å². The van der Waals surface area contributed by atoms with E-state index in [-0.39, 0.29) is 5.69 Å². The minimum absolute atomic E-state index is 0.0758. The molecule has 1 rings (SSSR count). The molecular formula is C7H7BrN2O2. The van der Waals surface area contributed by atoms with Gasteiger partial charge in [0.05, 0.1) is 4.92 Å². The van der Waals surface area contributed by atoms with Crippen molar-refractivity contribution >= 4 is 27.5 Å². The Kier molecular flexibility index (Phi) is 2.65. The molecule has 0 saturated heterocycles. The van der Waals surface area contributed by atoms with Crippen LogP contribution in [0.1, 0.15) is 5.56 Å². The van der Waals surface area contributed by atoms with Crippen LogP contribution < -0.4 is 4.34 Å². The molecule has 0 amide bonds. The molecule has 0 atom stereocenters. The lowest BCUT2D eigenvalue weighted by Gasteiger charge is -2.00. The molecule has 0 spiro atoms. The summed E-state index contributed by atoms with van der Waals surface area (Å²) in [6.45, 7) is 1.81. The van der Waals surface area contributed by atoms with Gasteiger partial charge in [-0.1, -0.05) is 6.07 Å². The number of nitro groups is 1. The highest BCUT2D eigenvalue weighted by molar-refractivity contribution is 9.10. The van der Waals surface area contributed by atoms with Gasteiger partial charge in [0.2, 0.25) is 0 Å². The number of hydrogen-bond donors (Lipinski definition) is 1. The zero-order valence-electron chi connectivity index (χ0n) is 6.37. The lowest BCUT2D eigenvalue weighted by Crippen LogP contribution is -1.93. The molecule has 1 N–H and O–H groups in total. The number of nitro benzene ring substituents is 1. The molecule has 0 aliphatic heterocycles. The SMILES string of the molecule is Cc1ccc(NBr)c([N+](=O)[O-])c1. The highest BCUT2D eigenvalue weighted by Crippen LogP contribution is 2.25. The number of rotatable bonds is 2.